The highest BCUT2D eigenvalue weighted by Gasteiger charge is 2.02. The fourth-order valence-electron chi connectivity index (χ4n) is 1.13. The fraction of sp³-hybridized carbons (Fsp3) is 0.364. The monoisotopic (exact) mass is 206 g/mol. The summed E-state index contributed by atoms with van der Waals surface area (Å²) in [5.41, 5.74) is 7.27. The predicted molar refractivity (Wildman–Crippen MR) is 60.1 cm³/mol. The number of nitrogens with two attached hydrogens (primary N) is 1. The highest BCUT2D eigenvalue weighted by Crippen LogP contribution is 2.23. The summed E-state index contributed by atoms with van der Waals surface area (Å²) < 4.78 is 0. The van der Waals surface area contributed by atoms with Gasteiger partial charge in [-0.1, -0.05) is 13.0 Å². The lowest BCUT2D eigenvalue weighted by Gasteiger charge is -2.04. The second kappa shape index (κ2) is 5.69. The van der Waals surface area contributed by atoms with Crippen molar-refractivity contribution in [3.63, 3.8) is 0 Å². The molecule has 0 saturated carbocycles. The molecule has 1 rings (SSSR count). The maximum Gasteiger partial charge on any atom is 0.100 e. The topological polar surface area (TPSA) is 49.8 Å². The number of hydrogen-bond donors (Lipinski definition) is 1. The summed E-state index contributed by atoms with van der Waals surface area (Å²) in [6.45, 7) is 2.63. The van der Waals surface area contributed by atoms with E-state index in [1.165, 1.54) is 0 Å². The molecule has 0 radical (unpaired) electrons. The molecule has 1 aromatic rings. The molecule has 0 unspecified atom stereocenters. The Balaban J connectivity index is 2.89. The van der Waals surface area contributed by atoms with Gasteiger partial charge in [0.05, 0.1) is 5.56 Å². The molecular weight excluding hydrogens is 192 g/mol. The minimum atomic E-state index is 0.493. The molecular formula is C11H14N2S. The number of benzene rings is 1. The Bertz CT molecular complexity index is 342. The summed E-state index contributed by atoms with van der Waals surface area (Å²) in [4.78, 5) is 1.06. The molecule has 74 valence electrons. The Hall–Kier alpha value is -0.980. The molecule has 2 N–H and O–H groups in total. The molecule has 1 aromatic carbocycles. The first-order valence-electron chi connectivity index (χ1n) is 4.67. The third-order valence-electron chi connectivity index (χ3n) is 1.86. The molecule has 0 spiro atoms. The first-order chi connectivity index (χ1) is 6.81. The fourth-order valence-corrected chi connectivity index (χ4v) is 1.98. The minimum Gasteiger partial charge on any atom is -0.326 e. The van der Waals surface area contributed by atoms with Crippen LogP contribution in [0.5, 0.6) is 0 Å². The van der Waals surface area contributed by atoms with E-state index in [2.05, 4.69) is 13.0 Å². The van der Waals surface area contributed by atoms with E-state index < -0.39 is 0 Å². The van der Waals surface area contributed by atoms with Crippen LogP contribution < -0.4 is 5.73 Å². The summed E-state index contributed by atoms with van der Waals surface area (Å²) in [5.74, 6) is 1.05. The van der Waals surface area contributed by atoms with Crippen LogP contribution in [-0.4, -0.2) is 5.75 Å². The number of rotatable bonds is 4. The maximum atomic E-state index is 8.93. The molecule has 0 aromatic heterocycles. The summed E-state index contributed by atoms with van der Waals surface area (Å²) in [5, 5.41) is 8.93. The first-order valence-corrected chi connectivity index (χ1v) is 5.66. The highest BCUT2D eigenvalue weighted by atomic mass is 32.2. The third kappa shape index (κ3) is 2.76. The Morgan fingerprint density at radius 3 is 2.86 bits per heavy atom. The average molecular weight is 206 g/mol. The Labute approximate surface area is 89.1 Å². The zero-order valence-corrected chi connectivity index (χ0v) is 9.10. The van der Waals surface area contributed by atoms with E-state index in [1.54, 1.807) is 11.8 Å². The average Bonchev–Trinajstić information content (AvgIpc) is 2.26. The van der Waals surface area contributed by atoms with Crippen molar-refractivity contribution in [2.24, 2.45) is 5.73 Å². The van der Waals surface area contributed by atoms with Crippen molar-refractivity contribution in [1.82, 2.24) is 0 Å². The molecule has 0 amide bonds. The van der Waals surface area contributed by atoms with Crippen LogP contribution in [0.25, 0.3) is 0 Å². The minimum absolute atomic E-state index is 0.493. The van der Waals surface area contributed by atoms with E-state index in [-0.39, 0.29) is 0 Å². The zero-order chi connectivity index (χ0) is 10.4. The normalized spacial score (nSPS) is 9.79. The van der Waals surface area contributed by atoms with Crippen LogP contribution in [0.15, 0.2) is 23.1 Å². The van der Waals surface area contributed by atoms with Crippen molar-refractivity contribution in [3.05, 3.63) is 29.3 Å². The molecule has 0 aliphatic rings. The molecule has 0 aliphatic carbocycles. The maximum absolute atomic E-state index is 8.93. The molecule has 2 nitrogen and oxygen atoms in total. The molecule has 0 fully saturated rings. The number of nitriles is 1. The Morgan fingerprint density at radius 1 is 1.50 bits per heavy atom. The SMILES string of the molecule is CCCSc1ccc(CN)cc1C#N. The summed E-state index contributed by atoms with van der Waals surface area (Å²) in [7, 11) is 0. The predicted octanol–water partition coefficient (Wildman–Crippen LogP) is 2.52. The number of nitrogens with zero attached hydrogens (tertiary/aromatic N) is 1. The molecule has 3 heteroatoms. The highest BCUT2D eigenvalue weighted by molar-refractivity contribution is 7.99. The lowest BCUT2D eigenvalue weighted by atomic mass is 10.1. The number of hydrogen-bond acceptors (Lipinski definition) is 3. The summed E-state index contributed by atoms with van der Waals surface area (Å²) >= 11 is 1.73. The van der Waals surface area contributed by atoms with Gasteiger partial charge < -0.3 is 5.73 Å². The van der Waals surface area contributed by atoms with Crippen LogP contribution in [0.1, 0.15) is 24.5 Å². The van der Waals surface area contributed by atoms with Gasteiger partial charge in [0.15, 0.2) is 0 Å². The molecule has 0 aliphatic heterocycles. The van der Waals surface area contributed by atoms with Gasteiger partial charge in [-0.05, 0) is 29.9 Å². The van der Waals surface area contributed by atoms with Gasteiger partial charge >= 0.3 is 0 Å². The van der Waals surface area contributed by atoms with E-state index in [0.717, 1.165) is 28.2 Å². The van der Waals surface area contributed by atoms with Gasteiger partial charge in [0.25, 0.3) is 0 Å². The first kappa shape index (κ1) is 11.1. The van der Waals surface area contributed by atoms with Crippen LogP contribution in [-0.2, 0) is 6.54 Å². The van der Waals surface area contributed by atoms with Crippen molar-refractivity contribution in [2.75, 3.05) is 5.75 Å². The second-order valence-corrected chi connectivity index (χ2v) is 4.13. The van der Waals surface area contributed by atoms with Gasteiger partial charge in [0, 0.05) is 11.4 Å². The smallest absolute Gasteiger partial charge is 0.100 e. The largest absolute Gasteiger partial charge is 0.326 e. The standard InChI is InChI=1S/C11H14N2S/c1-2-5-14-11-4-3-9(7-12)6-10(11)8-13/h3-4,6H,2,5,7,12H2,1H3. The van der Waals surface area contributed by atoms with Gasteiger partial charge in [0.2, 0.25) is 0 Å². The third-order valence-corrected chi connectivity index (χ3v) is 3.14. The second-order valence-electron chi connectivity index (χ2n) is 2.99. The van der Waals surface area contributed by atoms with E-state index in [0.29, 0.717) is 6.54 Å². The number of thioether (sulfide) groups is 1. The molecule has 0 atom stereocenters. The van der Waals surface area contributed by atoms with Gasteiger partial charge in [-0.25, -0.2) is 0 Å². The summed E-state index contributed by atoms with van der Waals surface area (Å²) in [6.07, 6.45) is 1.12. The van der Waals surface area contributed by atoms with Crippen LogP contribution in [0.2, 0.25) is 0 Å². The molecule has 0 bridgehead atoms. The van der Waals surface area contributed by atoms with Gasteiger partial charge in [-0.15, -0.1) is 11.8 Å². The van der Waals surface area contributed by atoms with Gasteiger partial charge in [0.1, 0.15) is 6.07 Å². The van der Waals surface area contributed by atoms with Crippen molar-refractivity contribution in [3.8, 4) is 6.07 Å². The molecule has 0 saturated heterocycles. The van der Waals surface area contributed by atoms with Crippen LogP contribution in [0, 0.1) is 11.3 Å². The van der Waals surface area contributed by atoms with Crippen molar-refractivity contribution >= 4 is 11.8 Å². The van der Waals surface area contributed by atoms with Gasteiger partial charge in [-0.2, -0.15) is 5.26 Å². The van der Waals surface area contributed by atoms with Gasteiger partial charge in [-0.3, -0.25) is 0 Å². The molecule has 0 heterocycles. The summed E-state index contributed by atoms with van der Waals surface area (Å²) in [6, 6.07) is 8.05. The van der Waals surface area contributed by atoms with E-state index in [1.807, 2.05) is 18.2 Å². The Morgan fingerprint density at radius 2 is 2.29 bits per heavy atom. The lowest BCUT2D eigenvalue weighted by Crippen LogP contribution is -1.97. The van der Waals surface area contributed by atoms with Crippen LogP contribution >= 0.6 is 11.8 Å². The van der Waals surface area contributed by atoms with Crippen molar-refractivity contribution in [2.45, 2.75) is 24.8 Å². The van der Waals surface area contributed by atoms with E-state index in [9.17, 15) is 0 Å². The lowest BCUT2D eigenvalue weighted by molar-refractivity contribution is 1.06. The van der Waals surface area contributed by atoms with E-state index in [4.69, 9.17) is 11.0 Å². The van der Waals surface area contributed by atoms with Crippen LogP contribution in [0.4, 0.5) is 0 Å². The van der Waals surface area contributed by atoms with Crippen LogP contribution in [0.3, 0.4) is 0 Å². The van der Waals surface area contributed by atoms with E-state index >= 15 is 0 Å². The van der Waals surface area contributed by atoms with Crippen molar-refractivity contribution in [1.29, 1.82) is 5.26 Å². The Kier molecular flexibility index (Phi) is 4.51. The molecule has 14 heavy (non-hydrogen) atoms. The van der Waals surface area contributed by atoms with Crippen molar-refractivity contribution < 1.29 is 0 Å². The quantitative estimate of drug-likeness (QED) is 0.770. The zero-order valence-electron chi connectivity index (χ0n) is 8.29.